The third kappa shape index (κ3) is 4.17. The fourth-order valence-corrected chi connectivity index (χ4v) is 4.36. The minimum atomic E-state index is 0.0570. The number of aryl methyl sites for hydroxylation is 2. The molecule has 0 amide bonds. The van der Waals surface area contributed by atoms with Crippen LogP contribution in [0.1, 0.15) is 42.5 Å². The van der Waals surface area contributed by atoms with Crippen molar-refractivity contribution >= 4 is 5.69 Å². The number of pyridine rings is 1. The summed E-state index contributed by atoms with van der Waals surface area (Å²) in [7, 11) is 0. The van der Waals surface area contributed by atoms with Gasteiger partial charge in [-0.3, -0.25) is 4.98 Å². The second-order valence-corrected chi connectivity index (χ2v) is 7.69. The highest BCUT2D eigenvalue weighted by atomic mass is 14.9. The summed E-state index contributed by atoms with van der Waals surface area (Å²) in [5.74, 6) is 0.0570. The van der Waals surface area contributed by atoms with Crippen molar-refractivity contribution in [2.75, 3.05) is 11.9 Å². The number of aromatic nitrogens is 1. The van der Waals surface area contributed by atoms with Crippen LogP contribution in [0.2, 0.25) is 0 Å². The topological polar surface area (TPSA) is 48.7 Å². The maximum atomic E-state index is 9.62. The van der Waals surface area contributed by atoms with Crippen LogP contribution in [0.25, 0.3) is 0 Å². The van der Waals surface area contributed by atoms with Crippen molar-refractivity contribution in [3.63, 3.8) is 0 Å². The molecule has 4 rings (SSSR count). The molecule has 0 saturated heterocycles. The van der Waals surface area contributed by atoms with Gasteiger partial charge < -0.3 is 5.32 Å². The van der Waals surface area contributed by atoms with Crippen LogP contribution in [0.4, 0.5) is 5.69 Å². The Labute approximate surface area is 167 Å². The minimum absolute atomic E-state index is 0.0570. The lowest BCUT2D eigenvalue weighted by Crippen LogP contribution is -2.08. The van der Waals surface area contributed by atoms with Crippen molar-refractivity contribution in [1.82, 2.24) is 4.98 Å². The Kier molecular flexibility index (Phi) is 5.87. The molecule has 3 nitrogen and oxygen atoms in total. The summed E-state index contributed by atoms with van der Waals surface area (Å²) in [6, 6.07) is 15.3. The lowest BCUT2D eigenvalue weighted by atomic mass is 9.90. The quantitative estimate of drug-likeness (QED) is 0.718. The standard InChI is InChI=1S/C25H27N3/c26-18-21-11-5-4-10-20-17-23-24(13-12-22(20)21)28-16-14-25(23)27-15-6-9-19-7-2-1-3-8-19/h1-4,7-8,10,14,16,21H,5-6,9,11-13,15,17H2,(H,27,28). The summed E-state index contributed by atoms with van der Waals surface area (Å²) < 4.78 is 0. The molecule has 1 unspecified atom stereocenters. The summed E-state index contributed by atoms with van der Waals surface area (Å²) in [6.45, 7) is 0.952. The van der Waals surface area contributed by atoms with Gasteiger partial charge in [0.2, 0.25) is 0 Å². The molecule has 0 radical (unpaired) electrons. The van der Waals surface area contributed by atoms with Gasteiger partial charge in [-0.1, -0.05) is 42.5 Å². The molecule has 2 aromatic rings. The molecule has 1 aromatic carbocycles. The Morgan fingerprint density at radius 1 is 1.14 bits per heavy atom. The van der Waals surface area contributed by atoms with Gasteiger partial charge in [0, 0.05) is 36.1 Å². The molecule has 142 valence electrons. The maximum absolute atomic E-state index is 9.62. The number of allylic oxidation sites excluding steroid dienone is 4. The van der Waals surface area contributed by atoms with Gasteiger partial charge >= 0.3 is 0 Å². The monoisotopic (exact) mass is 369 g/mol. The molecule has 2 aliphatic carbocycles. The number of hydrogen-bond donors (Lipinski definition) is 1. The van der Waals surface area contributed by atoms with Gasteiger partial charge in [0.25, 0.3) is 0 Å². The molecular formula is C25H27N3. The van der Waals surface area contributed by atoms with Gasteiger partial charge in [0.05, 0.1) is 12.0 Å². The summed E-state index contributed by atoms with van der Waals surface area (Å²) in [6.07, 6.45) is 13.3. The predicted octanol–water partition coefficient (Wildman–Crippen LogP) is 5.40. The number of anilines is 1. The first-order chi connectivity index (χ1) is 13.8. The van der Waals surface area contributed by atoms with Gasteiger partial charge in [-0.2, -0.15) is 5.26 Å². The normalized spacial score (nSPS) is 18.5. The lowest BCUT2D eigenvalue weighted by Gasteiger charge is -2.15. The first-order valence-electron chi connectivity index (χ1n) is 10.4. The number of hydrogen-bond acceptors (Lipinski definition) is 3. The zero-order valence-corrected chi connectivity index (χ0v) is 16.3. The average Bonchev–Trinajstić information content (AvgIpc) is 3.04. The fourth-order valence-electron chi connectivity index (χ4n) is 4.36. The Hall–Kier alpha value is -2.86. The van der Waals surface area contributed by atoms with Crippen LogP contribution >= 0.6 is 0 Å². The van der Waals surface area contributed by atoms with E-state index in [1.54, 1.807) is 0 Å². The number of rotatable bonds is 5. The molecule has 0 saturated carbocycles. The zero-order chi connectivity index (χ0) is 19.2. The van der Waals surface area contributed by atoms with Crippen molar-refractivity contribution in [3.8, 4) is 6.07 Å². The van der Waals surface area contributed by atoms with Crippen LogP contribution in [0.3, 0.4) is 0 Å². The third-order valence-electron chi connectivity index (χ3n) is 5.87. The molecule has 0 spiro atoms. The largest absolute Gasteiger partial charge is 0.385 e. The van der Waals surface area contributed by atoms with Crippen molar-refractivity contribution in [2.45, 2.75) is 44.9 Å². The Bertz CT molecular complexity index is 919. The van der Waals surface area contributed by atoms with Gasteiger partial charge in [0.1, 0.15) is 0 Å². The Morgan fingerprint density at radius 2 is 2.04 bits per heavy atom. The number of nitrogens with zero attached hydrogens (tertiary/aromatic N) is 2. The van der Waals surface area contributed by atoms with Crippen molar-refractivity contribution < 1.29 is 0 Å². The highest BCUT2D eigenvalue weighted by Gasteiger charge is 2.24. The first-order valence-corrected chi connectivity index (χ1v) is 10.4. The van der Waals surface area contributed by atoms with Crippen LogP contribution in [-0.2, 0) is 19.3 Å². The van der Waals surface area contributed by atoms with Crippen LogP contribution in [0, 0.1) is 17.2 Å². The van der Waals surface area contributed by atoms with E-state index < -0.39 is 0 Å². The van der Waals surface area contributed by atoms with E-state index in [2.05, 4.69) is 64.9 Å². The van der Waals surface area contributed by atoms with E-state index in [0.29, 0.717) is 0 Å². The molecule has 28 heavy (non-hydrogen) atoms. The fraction of sp³-hybridized carbons (Fsp3) is 0.360. The third-order valence-corrected chi connectivity index (χ3v) is 5.87. The summed E-state index contributed by atoms with van der Waals surface area (Å²) in [4.78, 5) is 4.67. The lowest BCUT2D eigenvalue weighted by molar-refractivity contribution is 0.663. The number of nitrogens with one attached hydrogen (secondary N) is 1. The molecule has 1 heterocycles. The Morgan fingerprint density at radius 3 is 2.89 bits per heavy atom. The summed E-state index contributed by atoms with van der Waals surface area (Å²) in [5, 5.41) is 13.3. The van der Waals surface area contributed by atoms with Crippen LogP contribution in [0.15, 0.2) is 65.9 Å². The average molecular weight is 370 g/mol. The van der Waals surface area contributed by atoms with E-state index in [9.17, 15) is 5.26 Å². The molecule has 0 bridgehead atoms. The molecule has 0 fully saturated rings. The van der Waals surface area contributed by atoms with Crippen LogP contribution in [0.5, 0.6) is 0 Å². The predicted molar refractivity (Wildman–Crippen MR) is 114 cm³/mol. The van der Waals surface area contributed by atoms with Crippen molar-refractivity contribution in [2.24, 2.45) is 5.92 Å². The first kappa shape index (κ1) is 18.5. The van der Waals surface area contributed by atoms with Gasteiger partial charge in [-0.15, -0.1) is 0 Å². The number of nitriles is 1. The molecule has 2 aliphatic rings. The van der Waals surface area contributed by atoms with Crippen LogP contribution in [-0.4, -0.2) is 11.5 Å². The van der Waals surface area contributed by atoms with E-state index in [1.807, 2.05) is 6.20 Å². The van der Waals surface area contributed by atoms with Crippen molar-refractivity contribution in [1.29, 1.82) is 5.26 Å². The molecule has 3 heteroatoms. The van der Waals surface area contributed by atoms with Crippen molar-refractivity contribution in [3.05, 3.63) is 82.7 Å². The van der Waals surface area contributed by atoms with E-state index in [1.165, 1.54) is 33.7 Å². The van der Waals surface area contributed by atoms with E-state index in [-0.39, 0.29) is 5.92 Å². The highest BCUT2D eigenvalue weighted by Crippen LogP contribution is 2.35. The molecular weight excluding hydrogens is 342 g/mol. The minimum Gasteiger partial charge on any atom is -0.385 e. The molecule has 0 aliphatic heterocycles. The molecule has 1 atom stereocenters. The highest BCUT2D eigenvalue weighted by molar-refractivity contribution is 5.56. The van der Waals surface area contributed by atoms with E-state index in [4.69, 9.17) is 0 Å². The molecule has 1 aromatic heterocycles. The molecule has 1 N–H and O–H groups in total. The summed E-state index contributed by atoms with van der Waals surface area (Å²) >= 11 is 0. The van der Waals surface area contributed by atoms with E-state index >= 15 is 0 Å². The van der Waals surface area contributed by atoms with Gasteiger partial charge in [-0.25, -0.2) is 0 Å². The summed E-state index contributed by atoms with van der Waals surface area (Å²) in [5.41, 5.74) is 7.77. The number of fused-ring (bicyclic) bond motifs is 1. The Balaban J connectivity index is 1.48. The smallest absolute Gasteiger partial charge is 0.0700 e. The van der Waals surface area contributed by atoms with Crippen LogP contribution < -0.4 is 5.32 Å². The van der Waals surface area contributed by atoms with E-state index in [0.717, 1.165) is 51.5 Å². The van der Waals surface area contributed by atoms with Gasteiger partial charge in [-0.05, 0) is 61.3 Å². The van der Waals surface area contributed by atoms with Gasteiger partial charge in [0.15, 0.2) is 0 Å². The second kappa shape index (κ2) is 8.89. The SMILES string of the molecule is N#CC1CCC=CC2=C1CCc1nccc(NCCCc3ccccc3)c1C2. The number of benzene rings is 1. The maximum Gasteiger partial charge on any atom is 0.0700 e. The zero-order valence-electron chi connectivity index (χ0n) is 16.3. The second-order valence-electron chi connectivity index (χ2n) is 7.69.